The molecule has 2 heterocycles. The van der Waals surface area contributed by atoms with E-state index in [0.29, 0.717) is 30.1 Å². The lowest BCUT2D eigenvalue weighted by molar-refractivity contribution is -0.137. The lowest BCUT2D eigenvalue weighted by Crippen LogP contribution is -2.59. The molecule has 0 atom stereocenters. The minimum Gasteiger partial charge on any atom is -0.388 e. The van der Waals surface area contributed by atoms with Gasteiger partial charge in [0.25, 0.3) is 5.91 Å². The second-order valence-electron chi connectivity index (χ2n) is 11.1. The molecule has 1 N–H and O–H groups in total. The molecule has 9 heteroatoms. The van der Waals surface area contributed by atoms with Crippen molar-refractivity contribution in [3.05, 3.63) is 52.1 Å². The van der Waals surface area contributed by atoms with Crippen LogP contribution in [0.15, 0.2) is 29.3 Å². The second-order valence-corrected chi connectivity index (χ2v) is 11.1. The number of carbonyl (C=O) groups excluding carboxylic acids is 1. The summed E-state index contributed by atoms with van der Waals surface area (Å²) in [6.07, 6.45) is -2.33. The molecule has 186 valence electrons. The van der Waals surface area contributed by atoms with Gasteiger partial charge in [-0.1, -0.05) is 26.8 Å². The van der Waals surface area contributed by atoms with Gasteiger partial charge >= 0.3 is 6.18 Å². The van der Waals surface area contributed by atoms with E-state index in [9.17, 15) is 23.1 Å². The topological polar surface area (TPSA) is 62.8 Å². The molecule has 1 aromatic heterocycles. The Bertz CT molecular complexity index is 1160. The maximum atomic E-state index is 13.4. The summed E-state index contributed by atoms with van der Waals surface area (Å²) >= 11 is 0. The number of aromatic nitrogens is 2. The Labute approximate surface area is 197 Å². The maximum Gasteiger partial charge on any atom is 0.416 e. The van der Waals surface area contributed by atoms with Gasteiger partial charge in [-0.15, -0.1) is 0 Å². The molecule has 1 amide bonds. The third kappa shape index (κ3) is 5.30. The highest BCUT2D eigenvalue weighted by atomic mass is 19.4. The molecule has 1 aromatic carbocycles. The minimum atomic E-state index is -4.56. The van der Waals surface area contributed by atoms with Crippen molar-refractivity contribution in [1.29, 1.82) is 0 Å². The summed E-state index contributed by atoms with van der Waals surface area (Å²) in [5.41, 5.74) is -0.0148. The lowest BCUT2D eigenvalue weighted by atomic mass is 9.92. The number of hydrogen-bond acceptors (Lipinski definition) is 3. The number of β-amino-alcohol motifs (C(OH)–C–C–N with tert-alkyl or cyclic N) is 1. The molecule has 0 radical (unpaired) electrons. The fraction of sp³-hybridized carbons (Fsp3) is 0.600. The van der Waals surface area contributed by atoms with E-state index in [4.69, 9.17) is 0 Å². The van der Waals surface area contributed by atoms with Crippen LogP contribution >= 0.6 is 0 Å². The number of rotatable bonds is 5. The zero-order valence-electron chi connectivity index (χ0n) is 20.4. The number of nitrogens with zero attached hydrogens (tertiary/aromatic N) is 4. The van der Waals surface area contributed by atoms with Crippen molar-refractivity contribution in [2.24, 2.45) is 18.0 Å². The molecule has 1 saturated heterocycles. The Morgan fingerprint density at radius 2 is 1.82 bits per heavy atom. The van der Waals surface area contributed by atoms with E-state index in [2.05, 4.69) is 25.8 Å². The predicted molar refractivity (Wildman–Crippen MR) is 122 cm³/mol. The molecule has 2 aliphatic rings. The van der Waals surface area contributed by atoms with Crippen LogP contribution in [0, 0.1) is 5.92 Å². The first-order valence-corrected chi connectivity index (χ1v) is 11.7. The van der Waals surface area contributed by atoms with Crippen LogP contribution < -0.4 is 5.49 Å². The molecule has 2 aromatic rings. The number of alkyl halides is 3. The molecule has 1 saturated carbocycles. The summed E-state index contributed by atoms with van der Waals surface area (Å²) in [5.74, 6) is -0.164. The van der Waals surface area contributed by atoms with Crippen LogP contribution in [-0.4, -0.2) is 44.0 Å². The number of halogens is 3. The smallest absolute Gasteiger partial charge is 0.388 e. The molecular weight excluding hydrogens is 445 g/mol. The van der Waals surface area contributed by atoms with E-state index >= 15 is 0 Å². The SMILES string of the molecule is Cn1c(C(C)(C)C)cc(=NC(=O)c2cc(C(F)(F)F)ccc2CN2CC(C)(O)C2)n1CC1CC1. The van der Waals surface area contributed by atoms with E-state index < -0.39 is 23.2 Å². The Morgan fingerprint density at radius 3 is 2.35 bits per heavy atom. The number of benzene rings is 1. The average molecular weight is 479 g/mol. The van der Waals surface area contributed by atoms with Crippen molar-refractivity contribution >= 4 is 5.91 Å². The zero-order valence-corrected chi connectivity index (χ0v) is 20.4. The Balaban J connectivity index is 1.75. The van der Waals surface area contributed by atoms with Crippen LogP contribution in [0.1, 0.15) is 67.7 Å². The van der Waals surface area contributed by atoms with Gasteiger partial charge in [-0.25, -0.2) is 0 Å². The molecule has 2 fully saturated rings. The fourth-order valence-electron chi connectivity index (χ4n) is 4.65. The summed E-state index contributed by atoms with van der Waals surface area (Å²) in [6.45, 7) is 9.71. The molecule has 1 aliphatic heterocycles. The Hall–Kier alpha value is -2.39. The molecule has 1 aliphatic carbocycles. The standard InChI is InChI=1S/C25H33F3N4O2/c1-23(2,3)20-11-21(32(30(20)5)12-16-6-7-16)29-22(33)19-10-18(25(26,27)28)9-8-17(19)13-31-14-24(4,34)15-31/h8-11,16,34H,6-7,12-15H2,1-5H3. The number of likely N-dealkylation sites (tertiary alicyclic amines) is 1. The van der Waals surface area contributed by atoms with Gasteiger partial charge in [0, 0.05) is 56.0 Å². The summed E-state index contributed by atoms with van der Waals surface area (Å²) in [7, 11) is 1.93. The molecule has 34 heavy (non-hydrogen) atoms. The summed E-state index contributed by atoms with van der Waals surface area (Å²) in [5, 5.41) is 10.0. The molecule has 0 unspecified atom stereocenters. The third-order valence-electron chi connectivity index (χ3n) is 6.54. The van der Waals surface area contributed by atoms with E-state index in [1.807, 2.05) is 27.4 Å². The van der Waals surface area contributed by atoms with E-state index in [1.54, 1.807) is 6.92 Å². The maximum absolute atomic E-state index is 13.4. The Morgan fingerprint density at radius 1 is 1.18 bits per heavy atom. The van der Waals surface area contributed by atoms with Gasteiger partial charge in [0.15, 0.2) is 5.49 Å². The predicted octanol–water partition coefficient (Wildman–Crippen LogP) is 3.86. The quantitative estimate of drug-likeness (QED) is 0.710. The van der Waals surface area contributed by atoms with Crippen LogP contribution in [-0.2, 0) is 31.7 Å². The molecule has 4 rings (SSSR count). The highest BCUT2D eigenvalue weighted by Gasteiger charge is 2.37. The van der Waals surface area contributed by atoms with Gasteiger partial charge in [-0.3, -0.25) is 19.1 Å². The third-order valence-corrected chi connectivity index (χ3v) is 6.54. The lowest BCUT2D eigenvalue weighted by Gasteiger charge is -2.44. The van der Waals surface area contributed by atoms with Crippen LogP contribution in [0.3, 0.4) is 0 Å². The summed E-state index contributed by atoms with van der Waals surface area (Å²) in [6, 6.07) is 5.11. The molecule has 0 spiro atoms. The second kappa shape index (κ2) is 8.37. The fourth-order valence-corrected chi connectivity index (χ4v) is 4.65. The van der Waals surface area contributed by atoms with Gasteiger partial charge in [0.1, 0.15) is 0 Å². The summed E-state index contributed by atoms with van der Waals surface area (Å²) in [4.78, 5) is 19.6. The molecule has 0 bridgehead atoms. The number of aliphatic hydroxyl groups is 1. The van der Waals surface area contributed by atoms with Gasteiger partial charge in [0.2, 0.25) is 0 Å². The number of hydrogen-bond donors (Lipinski definition) is 1. The van der Waals surface area contributed by atoms with Crippen molar-refractivity contribution in [3.8, 4) is 0 Å². The van der Waals surface area contributed by atoms with Crippen molar-refractivity contribution in [3.63, 3.8) is 0 Å². The highest BCUT2D eigenvalue weighted by molar-refractivity contribution is 5.96. The van der Waals surface area contributed by atoms with Gasteiger partial charge in [-0.05, 0) is 43.4 Å². The largest absolute Gasteiger partial charge is 0.416 e. The first-order chi connectivity index (χ1) is 15.6. The van der Waals surface area contributed by atoms with Gasteiger partial charge in [-0.2, -0.15) is 18.2 Å². The Kier molecular flexibility index (Phi) is 6.09. The first-order valence-electron chi connectivity index (χ1n) is 11.7. The van der Waals surface area contributed by atoms with Crippen LogP contribution in [0.25, 0.3) is 0 Å². The first kappa shape index (κ1) is 24.7. The zero-order chi connectivity index (χ0) is 25.1. The highest BCUT2D eigenvalue weighted by Crippen LogP contribution is 2.33. The molecule has 6 nitrogen and oxygen atoms in total. The van der Waals surface area contributed by atoms with Crippen molar-refractivity contribution < 1.29 is 23.1 Å². The average Bonchev–Trinajstić information content (AvgIpc) is 3.44. The van der Waals surface area contributed by atoms with E-state index in [1.165, 1.54) is 6.07 Å². The van der Waals surface area contributed by atoms with E-state index in [-0.39, 0.29) is 17.5 Å². The van der Waals surface area contributed by atoms with Crippen LogP contribution in [0.4, 0.5) is 13.2 Å². The van der Waals surface area contributed by atoms with Gasteiger partial charge < -0.3 is 5.11 Å². The van der Waals surface area contributed by atoms with Crippen molar-refractivity contribution in [1.82, 2.24) is 14.3 Å². The van der Waals surface area contributed by atoms with Gasteiger partial charge in [0.05, 0.1) is 11.2 Å². The van der Waals surface area contributed by atoms with Crippen molar-refractivity contribution in [2.75, 3.05) is 13.1 Å². The number of carbonyl (C=O) groups is 1. The minimum absolute atomic E-state index is 0.0551. The van der Waals surface area contributed by atoms with E-state index in [0.717, 1.165) is 37.2 Å². The van der Waals surface area contributed by atoms with Crippen LogP contribution in [0.2, 0.25) is 0 Å². The molecular formula is C25H33F3N4O2. The summed E-state index contributed by atoms with van der Waals surface area (Å²) < 4.78 is 44.3. The normalized spacial score (nSPS) is 19.4. The van der Waals surface area contributed by atoms with Crippen LogP contribution in [0.5, 0.6) is 0 Å². The number of amides is 1. The monoisotopic (exact) mass is 478 g/mol. The van der Waals surface area contributed by atoms with Crippen molar-refractivity contribution in [2.45, 2.75) is 70.8 Å².